The molecule has 176 valence electrons. The lowest BCUT2D eigenvalue weighted by atomic mass is 9.98. The predicted molar refractivity (Wildman–Crippen MR) is 113 cm³/mol. The third-order valence-corrected chi connectivity index (χ3v) is 5.53. The maximum absolute atomic E-state index is 14.2. The topological polar surface area (TPSA) is 114 Å². The van der Waals surface area contributed by atoms with Crippen molar-refractivity contribution in [2.45, 2.75) is 30.8 Å². The number of alkyl halides is 3. The van der Waals surface area contributed by atoms with Crippen molar-refractivity contribution in [3.05, 3.63) is 54.2 Å². The summed E-state index contributed by atoms with van der Waals surface area (Å²) in [6, 6.07) is 10.6. The molecule has 0 saturated heterocycles. The van der Waals surface area contributed by atoms with Crippen LogP contribution < -0.4 is 14.7 Å². The van der Waals surface area contributed by atoms with Gasteiger partial charge in [-0.1, -0.05) is 36.0 Å². The van der Waals surface area contributed by atoms with Crippen LogP contribution in [0.15, 0.2) is 53.4 Å². The summed E-state index contributed by atoms with van der Waals surface area (Å²) in [7, 11) is -2.59. The fourth-order valence-electron chi connectivity index (χ4n) is 3.10. The van der Waals surface area contributed by atoms with Gasteiger partial charge in [-0.25, -0.2) is 18.4 Å². The summed E-state index contributed by atoms with van der Waals surface area (Å²) in [5.74, 6) is -0.462. The average molecular weight is 483 g/mol. The van der Waals surface area contributed by atoms with Crippen LogP contribution in [0.4, 0.5) is 13.2 Å². The number of methoxy groups -OCH3 is 1. The highest BCUT2D eigenvalue weighted by Gasteiger charge is 2.42. The van der Waals surface area contributed by atoms with E-state index in [4.69, 9.17) is 14.7 Å². The SMILES string of the molecule is CCCC(=O)On1nc(-c2ccc(S(N)(=O)=O)cc2)c(-c2ccc(OC)cc2)c1C(F)(F)F. The Labute approximate surface area is 187 Å². The lowest BCUT2D eigenvalue weighted by Gasteiger charge is -2.12. The molecule has 2 N–H and O–H groups in total. The van der Waals surface area contributed by atoms with Gasteiger partial charge in [-0.3, -0.25) is 0 Å². The molecule has 0 fully saturated rings. The predicted octanol–water partition coefficient (Wildman–Crippen LogP) is 3.65. The number of ether oxygens (including phenoxy) is 1. The molecule has 0 aliphatic rings. The van der Waals surface area contributed by atoms with Gasteiger partial charge in [0.25, 0.3) is 0 Å². The summed E-state index contributed by atoms with van der Waals surface area (Å²) in [6.45, 7) is 1.68. The first-order valence-corrected chi connectivity index (χ1v) is 11.2. The van der Waals surface area contributed by atoms with Gasteiger partial charge in [0.15, 0.2) is 5.69 Å². The van der Waals surface area contributed by atoms with Crippen LogP contribution in [0, 0.1) is 0 Å². The standard InChI is InChI=1S/C21H20F3N3O5S/c1-3-4-17(28)32-27-20(21(22,23)24)18(13-5-9-15(31-2)10-6-13)19(26-27)14-7-11-16(12-8-14)33(25,29)30/h5-12H,3-4H2,1-2H3,(H2,25,29,30). The van der Waals surface area contributed by atoms with Crippen molar-refractivity contribution in [1.29, 1.82) is 0 Å². The lowest BCUT2D eigenvalue weighted by molar-refractivity contribution is -0.162. The summed E-state index contributed by atoms with van der Waals surface area (Å²) in [5.41, 5.74) is -1.52. The first kappa shape index (κ1) is 24.3. The van der Waals surface area contributed by atoms with Crippen LogP contribution >= 0.6 is 0 Å². The van der Waals surface area contributed by atoms with E-state index in [0.29, 0.717) is 12.2 Å². The maximum Gasteiger partial charge on any atom is 0.437 e. The molecule has 0 radical (unpaired) electrons. The molecule has 0 unspecified atom stereocenters. The summed E-state index contributed by atoms with van der Waals surface area (Å²) in [4.78, 5) is 16.8. The van der Waals surface area contributed by atoms with Gasteiger partial charge in [-0.15, -0.1) is 5.10 Å². The Morgan fingerprint density at radius 1 is 1.06 bits per heavy atom. The Morgan fingerprint density at radius 3 is 2.12 bits per heavy atom. The van der Waals surface area contributed by atoms with Gasteiger partial charge in [-0.05, 0) is 36.2 Å². The molecule has 12 heteroatoms. The van der Waals surface area contributed by atoms with E-state index in [1.165, 1.54) is 43.5 Å². The molecule has 3 rings (SSSR count). The summed E-state index contributed by atoms with van der Waals surface area (Å²) in [6.07, 6.45) is -4.67. The summed E-state index contributed by atoms with van der Waals surface area (Å²) in [5, 5.41) is 9.02. The van der Waals surface area contributed by atoms with Gasteiger partial charge in [0.1, 0.15) is 11.4 Å². The Hall–Kier alpha value is -3.38. The van der Waals surface area contributed by atoms with Crippen molar-refractivity contribution in [2.75, 3.05) is 7.11 Å². The van der Waals surface area contributed by atoms with Gasteiger partial charge in [0.05, 0.1) is 12.0 Å². The fraction of sp³-hybridized carbons (Fsp3) is 0.238. The molecule has 0 bridgehead atoms. The van der Waals surface area contributed by atoms with Crippen molar-refractivity contribution in [3.63, 3.8) is 0 Å². The third-order valence-electron chi connectivity index (χ3n) is 4.60. The van der Waals surface area contributed by atoms with Gasteiger partial charge < -0.3 is 9.57 Å². The molecular weight excluding hydrogens is 463 g/mol. The quantitative estimate of drug-likeness (QED) is 0.549. The zero-order valence-corrected chi connectivity index (χ0v) is 18.4. The second kappa shape index (κ2) is 9.24. The molecule has 8 nitrogen and oxygen atoms in total. The number of sulfonamides is 1. The Bertz CT molecular complexity index is 1250. The molecule has 1 heterocycles. The second-order valence-corrected chi connectivity index (χ2v) is 8.52. The zero-order chi connectivity index (χ0) is 24.4. The van der Waals surface area contributed by atoms with E-state index in [1.54, 1.807) is 6.92 Å². The van der Waals surface area contributed by atoms with Gasteiger partial charge >= 0.3 is 12.1 Å². The first-order chi connectivity index (χ1) is 15.5. The van der Waals surface area contributed by atoms with E-state index >= 15 is 0 Å². The van der Waals surface area contributed by atoms with E-state index in [2.05, 4.69) is 5.10 Å². The molecule has 1 aromatic heterocycles. The van der Waals surface area contributed by atoms with Crippen molar-refractivity contribution < 1.29 is 36.0 Å². The molecular formula is C21H20F3N3O5S. The number of benzene rings is 2. The van der Waals surface area contributed by atoms with Crippen LogP contribution in [-0.2, 0) is 21.0 Å². The third kappa shape index (κ3) is 5.34. The number of nitrogens with two attached hydrogens (primary N) is 1. The van der Waals surface area contributed by atoms with E-state index in [1.807, 2.05) is 0 Å². The molecule has 3 aromatic rings. The van der Waals surface area contributed by atoms with Crippen LogP contribution in [-0.4, -0.2) is 31.4 Å². The number of nitrogens with zero attached hydrogens (tertiary/aromatic N) is 2. The van der Waals surface area contributed by atoms with E-state index in [0.717, 1.165) is 12.1 Å². The van der Waals surface area contributed by atoms with Crippen molar-refractivity contribution >= 4 is 16.0 Å². The van der Waals surface area contributed by atoms with E-state index in [9.17, 15) is 26.4 Å². The highest BCUT2D eigenvalue weighted by atomic mass is 32.2. The molecule has 0 amide bonds. The number of rotatable bonds is 7. The summed E-state index contributed by atoms with van der Waals surface area (Å²) >= 11 is 0. The van der Waals surface area contributed by atoms with Gasteiger partial charge in [-0.2, -0.15) is 13.2 Å². The largest absolute Gasteiger partial charge is 0.497 e. The number of primary sulfonamides is 1. The number of halogens is 3. The molecule has 33 heavy (non-hydrogen) atoms. The smallest absolute Gasteiger partial charge is 0.437 e. The van der Waals surface area contributed by atoms with Crippen LogP contribution in [0.1, 0.15) is 25.5 Å². The highest BCUT2D eigenvalue weighted by Crippen LogP contribution is 2.42. The molecule has 0 spiro atoms. The normalized spacial score (nSPS) is 11.9. The van der Waals surface area contributed by atoms with Crippen molar-refractivity contribution in [2.24, 2.45) is 5.14 Å². The van der Waals surface area contributed by atoms with Crippen LogP contribution in [0.3, 0.4) is 0 Å². The Morgan fingerprint density at radius 2 is 1.64 bits per heavy atom. The fourth-order valence-corrected chi connectivity index (χ4v) is 3.61. The zero-order valence-electron chi connectivity index (χ0n) is 17.6. The average Bonchev–Trinajstić information content (AvgIpc) is 3.13. The van der Waals surface area contributed by atoms with E-state index in [-0.39, 0.29) is 38.5 Å². The molecule has 0 aliphatic carbocycles. The second-order valence-electron chi connectivity index (χ2n) is 6.95. The van der Waals surface area contributed by atoms with Crippen molar-refractivity contribution in [3.8, 4) is 28.1 Å². The molecule has 2 aromatic carbocycles. The Balaban J connectivity index is 2.28. The van der Waals surface area contributed by atoms with E-state index < -0.39 is 27.9 Å². The number of hydrogen-bond acceptors (Lipinski definition) is 6. The first-order valence-electron chi connectivity index (χ1n) is 9.64. The maximum atomic E-state index is 14.2. The van der Waals surface area contributed by atoms with Crippen LogP contribution in [0.2, 0.25) is 0 Å². The monoisotopic (exact) mass is 483 g/mol. The minimum Gasteiger partial charge on any atom is -0.497 e. The molecule has 0 aliphatic heterocycles. The van der Waals surface area contributed by atoms with Gasteiger partial charge in [0, 0.05) is 17.5 Å². The van der Waals surface area contributed by atoms with Crippen LogP contribution in [0.25, 0.3) is 22.4 Å². The highest BCUT2D eigenvalue weighted by molar-refractivity contribution is 7.89. The number of carbonyl (C=O) groups is 1. The molecule has 0 saturated carbocycles. The Kier molecular flexibility index (Phi) is 6.79. The number of aromatic nitrogens is 2. The van der Waals surface area contributed by atoms with Crippen molar-refractivity contribution in [1.82, 2.24) is 9.94 Å². The molecule has 0 atom stereocenters. The number of hydrogen-bond donors (Lipinski definition) is 1. The summed E-state index contributed by atoms with van der Waals surface area (Å²) < 4.78 is 70.6. The van der Waals surface area contributed by atoms with Crippen LogP contribution in [0.5, 0.6) is 5.75 Å². The lowest BCUT2D eigenvalue weighted by Crippen LogP contribution is -2.26. The minimum absolute atomic E-state index is 0.104. The minimum atomic E-state index is -4.94. The number of carbonyl (C=O) groups excluding carboxylic acids is 1. The van der Waals surface area contributed by atoms with Gasteiger partial charge in [0.2, 0.25) is 10.0 Å².